The summed E-state index contributed by atoms with van der Waals surface area (Å²) in [5.41, 5.74) is 1.47. The average Bonchev–Trinajstić information content (AvgIpc) is 3.17. The summed E-state index contributed by atoms with van der Waals surface area (Å²) in [7, 11) is 0. The fourth-order valence-electron chi connectivity index (χ4n) is 3.15. The van der Waals surface area contributed by atoms with Crippen molar-refractivity contribution in [2.24, 2.45) is 0 Å². The minimum absolute atomic E-state index is 0.0189. The maximum absolute atomic E-state index is 12.4. The minimum Gasteiger partial charge on any atom is -0.484 e. The highest BCUT2D eigenvalue weighted by Gasteiger charge is 2.25. The van der Waals surface area contributed by atoms with Gasteiger partial charge >= 0.3 is 0 Å². The molecule has 2 heterocycles. The molecule has 0 bridgehead atoms. The van der Waals surface area contributed by atoms with Crippen LogP contribution in [0.4, 0.5) is 0 Å². The topological polar surface area (TPSA) is 89.4 Å². The first kappa shape index (κ1) is 19.9. The van der Waals surface area contributed by atoms with Crippen LogP contribution in [-0.2, 0) is 4.79 Å². The van der Waals surface area contributed by atoms with E-state index in [9.17, 15) is 9.59 Å². The second kappa shape index (κ2) is 8.86. The molecule has 8 heteroatoms. The van der Waals surface area contributed by atoms with Crippen molar-refractivity contribution < 1.29 is 14.3 Å². The summed E-state index contributed by atoms with van der Waals surface area (Å²) in [6, 6.07) is 7.83. The Morgan fingerprint density at radius 3 is 2.54 bits per heavy atom. The number of rotatable bonds is 6. The summed E-state index contributed by atoms with van der Waals surface area (Å²) in [5, 5.41) is 10.9. The van der Waals surface area contributed by atoms with Crippen molar-refractivity contribution in [1.82, 2.24) is 25.2 Å². The molecule has 1 N–H and O–H groups in total. The molecule has 1 aliphatic rings. The molecule has 0 radical (unpaired) electrons. The van der Waals surface area contributed by atoms with E-state index in [1.165, 1.54) is 0 Å². The largest absolute Gasteiger partial charge is 0.484 e. The summed E-state index contributed by atoms with van der Waals surface area (Å²) >= 11 is 0. The first-order valence-corrected chi connectivity index (χ1v) is 9.62. The van der Waals surface area contributed by atoms with Gasteiger partial charge in [-0.05, 0) is 45.7 Å². The highest BCUT2D eigenvalue weighted by Crippen LogP contribution is 2.22. The third-order valence-corrected chi connectivity index (χ3v) is 4.74. The maximum atomic E-state index is 12.4. The molecule has 0 unspecified atom stereocenters. The lowest BCUT2D eigenvalue weighted by Gasteiger charge is -2.31. The second-order valence-electron chi connectivity index (χ2n) is 7.43. The van der Waals surface area contributed by atoms with Crippen molar-refractivity contribution in [3.63, 3.8) is 0 Å². The number of nitrogens with one attached hydrogen (secondary N) is 1. The molecule has 1 aromatic carbocycles. The van der Waals surface area contributed by atoms with Gasteiger partial charge in [0.05, 0.1) is 12.2 Å². The van der Waals surface area contributed by atoms with Crippen LogP contribution in [0.5, 0.6) is 5.75 Å². The van der Waals surface area contributed by atoms with Gasteiger partial charge in [0, 0.05) is 19.1 Å². The molecule has 2 amide bonds. The standard InChI is InChI=1S/C20H27N5O3/c1-14(2)21-20(27)18-12-25(23-22-18)16-8-10-24(11-9-16)19(26)13-28-17-6-4-15(3)5-7-17/h4-7,12,14,16H,8-11,13H2,1-3H3,(H,21,27). The summed E-state index contributed by atoms with van der Waals surface area (Å²) in [6.07, 6.45) is 3.22. The van der Waals surface area contributed by atoms with E-state index in [2.05, 4.69) is 15.6 Å². The number of carbonyl (C=O) groups is 2. The molecule has 150 valence electrons. The molecule has 0 atom stereocenters. The Morgan fingerprint density at radius 2 is 1.89 bits per heavy atom. The van der Waals surface area contributed by atoms with Crippen molar-refractivity contribution in [3.05, 3.63) is 41.7 Å². The maximum Gasteiger partial charge on any atom is 0.273 e. The summed E-state index contributed by atoms with van der Waals surface area (Å²) in [6.45, 7) is 7.11. The first-order valence-electron chi connectivity index (χ1n) is 9.62. The van der Waals surface area contributed by atoms with Crippen LogP contribution in [0.2, 0.25) is 0 Å². The number of piperidine rings is 1. The number of benzene rings is 1. The zero-order chi connectivity index (χ0) is 20.1. The quantitative estimate of drug-likeness (QED) is 0.821. The van der Waals surface area contributed by atoms with Crippen molar-refractivity contribution >= 4 is 11.8 Å². The lowest BCUT2D eigenvalue weighted by atomic mass is 10.1. The van der Waals surface area contributed by atoms with Crippen LogP contribution in [0.1, 0.15) is 48.8 Å². The van der Waals surface area contributed by atoms with Crippen molar-refractivity contribution in [1.29, 1.82) is 0 Å². The summed E-state index contributed by atoms with van der Waals surface area (Å²) in [5.74, 6) is 0.459. The van der Waals surface area contributed by atoms with Gasteiger partial charge in [0.2, 0.25) is 0 Å². The smallest absolute Gasteiger partial charge is 0.273 e. The number of ether oxygens (including phenoxy) is 1. The normalized spacial score (nSPS) is 14.9. The number of likely N-dealkylation sites (tertiary alicyclic amines) is 1. The molecule has 0 aliphatic carbocycles. The summed E-state index contributed by atoms with van der Waals surface area (Å²) < 4.78 is 7.32. The Morgan fingerprint density at radius 1 is 1.21 bits per heavy atom. The molecule has 1 fully saturated rings. The van der Waals surface area contributed by atoms with Gasteiger partial charge in [-0.15, -0.1) is 5.10 Å². The minimum atomic E-state index is -0.220. The molecule has 1 saturated heterocycles. The van der Waals surface area contributed by atoms with E-state index in [0.29, 0.717) is 24.5 Å². The Hall–Kier alpha value is -2.90. The van der Waals surface area contributed by atoms with Crippen LogP contribution in [-0.4, -0.2) is 57.4 Å². The monoisotopic (exact) mass is 385 g/mol. The van der Waals surface area contributed by atoms with Gasteiger partial charge in [0.15, 0.2) is 12.3 Å². The van der Waals surface area contributed by atoms with Gasteiger partial charge in [-0.1, -0.05) is 22.9 Å². The number of aryl methyl sites for hydroxylation is 1. The van der Waals surface area contributed by atoms with Crippen LogP contribution in [0.15, 0.2) is 30.5 Å². The Labute approximate surface area is 164 Å². The third-order valence-electron chi connectivity index (χ3n) is 4.74. The van der Waals surface area contributed by atoms with Crippen LogP contribution in [0.3, 0.4) is 0 Å². The highest BCUT2D eigenvalue weighted by molar-refractivity contribution is 5.92. The molecular weight excluding hydrogens is 358 g/mol. The molecule has 28 heavy (non-hydrogen) atoms. The molecule has 3 rings (SSSR count). The van der Waals surface area contributed by atoms with E-state index in [1.807, 2.05) is 49.9 Å². The van der Waals surface area contributed by atoms with Gasteiger partial charge in [-0.25, -0.2) is 4.68 Å². The van der Waals surface area contributed by atoms with E-state index in [4.69, 9.17) is 4.74 Å². The molecule has 8 nitrogen and oxygen atoms in total. The van der Waals surface area contributed by atoms with Crippen molar-refractivity contribution in [3.8, 4) is 5.75 Å². The van der Waals surface area contributed by atoms with Gasteiger partial charge in [-0.2, -0.15) is 0 Å². The van der Waals surface area contributed by atoms with Crippen LogP contribution in [0, 0.1) is 6.92 Å². The molecule has 2 aromatic rings. The van der Waals surface area contributed by atoms with Crippen LogP contribution >= 0.6 is 0 Å². The first-order chi connectivity index (χ1) is 13.4. The molecular formula is C20H27N5O3. The second-order valence-corrected chi connectivity index (χ2v) is 7.43. The predicted molar refractivity (Wildman–Crippen MR) is 104 cm³/mol. The molecule has 0 saturated carbocycles. The highest BCUT2D eigenvalue weighted by atomic mass is 16.5. The number of hydrogen-bond acceptors (Lipinski definition) is 5. The van der Waals surface area contributed by atoms with Crippen LogP contribution < -0.4 is 10.1 Å². The number of carbonyl (C=O) groups excluding carboxylic acids is 2. The Kier molecular flexibility index (Phi) is 6.28. The predicted octanol–water partition coefficient (Wildman–Crippen LogP) is 1.97. The van der Waals surface area contributed by atoms with Crippen LogP contribution in [0.25, 0.3) is 0 Å². The lowest BCUT2D eigenvalue weighted by Crippen LogP contribution is -2.41. The summed E-state index contributed by atoms with van der Waals surface area (Å²) in [4.78, 5) is 26.2. The Bertz CT molecular complexity index is 808. The van der Waals surface area contributed by atoms with E-state index in [1.54, 1.807) is 10.9 Å². The van der Waals surface area contributed by atoms with E-state index in [-0.39, 0.29) is 30.5 Å². The van der Waals surface area contributed by atoms with E-state index < -0.39 is 0 Å². The number of aromatic nitrogens is 3. The third kappa shape index (κ3) is 5.09. The van der Waals surface area contributed by atoms with E-state index in [0.717, 1.165) is 18.4 Å². The number of amides is 2. The Balaban J connectivity index is 1.47. The van der Waals surface area contributed by atoms with Crippen molar-refractivity contribution in [2.45, 2.75) is 45.7 Å². The molecule has 0 spiro atoms. The van der Waals surface area contributed by atoms with Gasteiger partial charge in [0.25, 0.3) is 11.8 Å². The average molecular weight is 385 g/mol. The van der Waals surface area contributed by atoms with E-state index >= 15 is 0 Å². The zero-order valence-electron chi connectivity index (χ0n) is 16.6. The SMILES string of the molecule is Cc1ccc(OCC(=O)N2CCC(n3cc(C(=O)NC(C)C)nn3)CC2)cc1. The zero-order valence-corrected chi connectivity index (χ0v) is 16.6. The van der Waals surface area contributed by atoms with Crippen molar-refractivity contribution in [2.75, 3.05) is 19.7 Å². The lowest BCUT2D eigenvalue weighted by molar-refractivity contribution is -0.134. The number of nitrogens with zero attached hydrogens (tertiary/aromatic N) is 4. The molecule has 1 aliphatic heterocycles. The fourth-order valence-corrected chi connectivity index (χ4v) is 3.15. The van der Waals surface area contributed by atoms with Gasteiger partial charge < -0.3 is 15.0 Å². The van der Waals surface area contributed by atoms with Gasteiger partial charge in [0.1, 0.15) is 5.75 Å². The fraction of sp³-hybridized carbons (Fsp3) is 0.500. The number of hydrogen-bond donors (Lipinski definition) is 1. The van der Waals surface area contributed by atoms with Gasteiger partial charge in [-0.3, -0.25) is 9.59 Å². The molecule has 1 aromatic heterocycles.